The van der Waals surface area contributed by atoms with E-state index in [1.807, 2.05) is 0 Å². The highest BCUT2D eigenvalue weighted by Gasteiger charge is 2.26. The molecule has 0 spiro atoms. The second kappa shape index (κ2) is 55.0. The van der Waals surface area contributed by atoms with Gasteiger partial charge in [0.15, 0.2) is 6.10 Å². The van der Waals surface area contributed by atoms with Gasteiger partial charge in [0.2, 0.25) is 0 Å². The van der Waals surface area contributed by atoms with E-state index in [1.54, 1.807) is 0 Å². The lowest BCUT2D eigenvalue weighted by atomic mass is 10.0. The molecule has 0 bridgehead atoms. The molecule has 0 aliphatic carbocycles. The number of carbonyl (C=O) groups excluding carboxylic acids is 2. The standard InChI is InChI=1S/C59H108NO8P/c1-3-5-7-9-11-13-15-17-18-19-20-21-22-23-24-25-26-27-28-29-30-31-32-33-34-35-36-37-38-40-42-44-46-48-50-52-59(62)68-57(56-67-69(63,64)66-54-53-60)55-65-58(61)51-49-47-45-43-41-39-16-14-12-10-8-6-4-2/h5,7,11,13,17-18,20-21,23-24,57H,3-4,6,8-10,12,14-16,19,22,25-56,60H2,1-2H3,(H,63,64)/b7-5-,13-11-,18-17-,21-20-,24-23-. The van der Waals surface area contributed by atoms with E-state index in [-0.39, 0.29) is 38.6 Å². The van der Waals surface area contributed by atoms with Crippen LogP contribution in [0.3, 0.4) is 0 Å². The van der Waals surface area contributed by atoms with Gasteiger partial charge in [-0.3, -0.25) is 18.6 Å². The van der Waals surface area contributed by atoms with Crippen LogP contribution in [0.4, 0.5) is 0 Å². The molecule has 2 unspecified atom stereocenters. The van der Waals surface area contributed by atoms with Crippen LogP contribution in [0.1, 0.15) is 271 Å². The van der Waals surface area contributed by atoms with Gasteiger partial charge in [0.1, 0.15) is 6.61 Å². The van der Waals surface area contributed by atoms with E-state index in [2.05, 4.69) is 74.6 Å². The average Bonchev–Trinajstić information content (AvgIpc) is 3.34. The summed E-state index contributed by atoms with van der Waals surface area (Å²) >= 11 is 0. The summed E-state index contributed by atoms with van der Waals surface area (Å²) in [6, 6.07) is 0. The van der Waals surface area contributed by atoms with Gasteiger partial charge >= 0.3 is 19.8 Å². The molecular weight excluding hydrogens is 882 g/mol. The van der Waals surface area contributed by atoms with Crippen LogP contribution in [0.15, 0.2) is 60.8 Å². The first-order valence-corrected chi connectivity index (χ1v) is 30.3. The molecule has 402 valence electrons. The largest absolute Gasteiger partial charge is 0.472 e. The molecule has 3 N–H and O–H groups in total. The van der Waals surface area contributed by atoms with Crippen LogP contribution in [0.5, 0.6) is 0 Å². The van der Waals surface area contributed by atoms with Crippen LogP contribution in [0.2, 0.25) is 0 Å². The molecule has 0 fully saturated rings. The number of rotatable bonds is 54. The first kappa shape index (κ1) is 66.7. The van der Waals surface area contributed by atoms with Crippen molar-refractivity contribution in [2.45, 2.75) is 277 Å². The van der Waals surface area contributed by atoms with Gasteiger partial charge in [-0.05, 0) is 57.8 Å². The van der Waals surface area contributed by atoms with Crippen LogP contribution in [0.25, 0.3) is 0 Å². The third kappa shape index (κ3) is 54.9. The predicted molar refractivity (Wildman–Crippen MR) is 293 cm³/mol. The maximum absolute atomic E-state index is 12.7. The zero-order chi connectivity index (χ0) is 50.2. The van der Waals surface area contributed by atoms with Crippen molar-refractivity contribution in [2.24, 2.45) is 5.73 Å². The number of hydrogen-bond acceptors (Lipinski definition) is 8. The molecule has 10 heteroatoms. The predicted octanol–water partition coefficient (Wildman–Crippen LogP) is 18.0. The molecule has 69 heavy (non-hydrogen) atoms. The SMILES string of the molecule is CC/C=C\C/C=C\C/C=C\C/C=C\C/C=C\CCCCCCCCCCCCCCCCCCCCCC(=O)OC(COC(=O)CCCCCCCCCCCCCCC)COP(=O)(O)OCCN. The van der Waals surface area contributed by atoms with Gasteiger partial charge in [-0.25, -0.2) is 4.57 Å². The fraction of sp³-hybridized carbons (Fsp3) is 0.797. The van der Waals surface area contributed by atoms with Crippen molar-refractivity contribution in [3.8, 4) is 0 Å². The highest BCUT2D eigenvalue weighted by Crippen LogP contribution is 2.43. The second-order valence-corrected chi connectivity index (χ2v) is 20.6. The molecule has 0 heterocycles. The first-order chi connectivity index (χ1) is 33.8. The maximum Gasteiger partial charge on any atom is 0.472 e. The lowest BCUT2D eigenvalue weighted by Gasteiger charge is -2.19. The molecule has 0 saturated carbocycles. The summed E-state index contributed by atoms with van der Waals surface area (Å²) in [5.74, 6) is -0.816. The average molecular weight is 990 g/mol. The molecule has 0 aliphatic rings. The molecule has 0 amide bonds. The number of phosphoric ester groups is 1. The minimum absolute atomic E-state index is 0.0547. The molecule has 0 rings (SSSR count). The van der Waals surface area contributed by atoms with E-state index in [9.17, 15) is 19.0 Å². The number of hydrogen-bond donors (Lipinski definition) is 2. The van der Waals surface area contributed by atoms with E-state index in [4.69, 9.17) is 24.3 Å². The highest BCUT2D eigenvalue weighted by molar-refractivity contribution is 7.47. The van der Waals surface area contributed by atoms with Gasteiger partial charge in [0.25, 0.3) is 0 Å². The number of esters is 2. The fourth-order valence-corrected chi connectivity index (χ4v) is 8.96. The van der Waals surface area contributed by atoms with Crippen LogP contribution in [-0.2, 0) is 32.7 Å². The summed E-state index contributed by atoms with van der Waals surface area (Å²) in [5.41, 5.74) is 5.37. The summed E-state index contributed by atoms with van der Waals surface area (Å²) in [4.78, 5) is 35.1. The Morgan fingerprint density at radius 3 is 1.19 bits per heavy atom. The maximum atomic E-state index is 12.7. The smallest absolute Gasteiger partial charge is 0.462 e. The Labute approximate surface area is 425 Å². The van der Waals surface area contributed by atoms with E-state index < -0.39 is 26.5 Å². The highest BCUT2D eigenvalue weighted by atomic mass is 31.2. The molecule has 2 atom stereocenters. The third-order valence-electron chi connectivity index (χ3n) is 12.4. The number of carbonyl (C=O) groups is 2. The van der Waals surface area contributed by atoms with Gasteiger partial charge < -0.3 is 20.1 Å². The minimum Gasteiger partial charge on any atom is -0.462 e. The van der Waals surface area contributed by atoms with Crippen LogP contribution >= 0.6 is 7.82 Å². The van der Waals surface area contributed by atoms with Crippen LogP contribution in [-0.4, -0.2) is 49.3 Å². The molecule has 9 nitrogen and oxygen atoms in total. The summed E-state index contributed by atoms with van der Waals surface area (Å²) in [6.45, 7) is 3.65. The summed E-state index contributed by atoms with van der Waals surface area (Å²) < 4.78 is 33.0. The Morgan fingerprint density at radius 2 is 0.797 bits per heavy atom. The molecule has 0 aromatic carbocycles. The van der Waals surface area contributed by atoms with Gasteiger partial charge in [0, 0.05) is 19.4 Å². The second-order valence-electron chi connectivity index (χ2n) is 19.1. The van der Waals surface area contributed by atoms with E-state index >= 15 is 0 Å². The van der Waals surface area contributed by atoms with Crippen molar-refractivity contribution < 1.29 is 37.6 Å². The molecule has 0 aliphatic heterocycles. The van der Waals surface area contributed by atoms with Gasteiger partial charge in [-0.15, -0.1) is 0 Å². The molecular formula is C59H108NO8P. The van der Waals surface area contributed by atoms with E-state index in [0.29, 0.717) is 6.42 Å². The fourth-order valence-electron chi connectivity index (χ4n) is 8.19. The Hall–Kier alpha value is -2.29. The number of allylic oxidation sites excluding steroid dienone is 10. The molecule has 0 radical (unpaired) electrons. The van der Waals surface area contributed by atoms with Gasteiger partial charge in [-0.2, -0.15) is 0 Å². The van der Waals surface area contributed by atoms with E-state index in [0.717, 1.165) is 64.2 Å². The Balaban J connectivity index is 3.83. The third-order valence-corrected chi connectivity index (χ3v) is 13.4. The van der Waals surface area contributed by atoms with Crippen molar-refractivity contribution in [2.75, 3.05) is 26.4 Å². The molecule has 0 saturated heterocycles. The topological polar surface area (TPSA) is 134 Å². The van der Waals surface area contributed by atoms with Crippen LogP contribution < -0.4 is 5.73 Å². The number of phosphoric acid groups is 1. The Morgan fingerprint density at radius 1 is 0.449 bits per heavy atom. The Kier molecular flexibility index (Phi) is 53.2. The number of nitrogens with two attached hydrogens (primary N) is 1. The van der Waals surface area contributed by atoms with Crippen molar-refractivity contribution in [1.29, 1.82) is 0 Å². The lowest BCUT2D eigenvalue weighted by Crippen LogP contribution is -2.29. The normalized spacial score (nSPS) is 13.5. The van der Waals surface area contributed by atoms with E-state index in [1.165, 1.54) is 173 Å². The summed E-state index contributed by atoms with van der Waals surface area (Å²) in [7, 11) is -4.38. The molecule has 0 aromatic rings. The quantitative estimate of drug-likeness (QED) is 0.0264. The van der Waals surface area contributed by atoms with Gasteiger partial charge in [0.05, 0.1) is 13.2 Å². The Bertz CT molecular complexity index is 1310. The monoisotopic (exact) mass is 990 g/mol. The lowest BCUT2D eigenvalue weighted by molar-refractivity contribution is -0.161. The van der Waals surface area contributed by atoms with Gasteiger partial charge in [-0.1, -0.05) is 261 Å². The molecule has 0 aromatic heterocycles. The summed E-state index contributed by atoms with van der Waals surface area (Å²) in [6.07, 6.45) is 68.6. The van der Waals surface area contributed by atoms with Crippen molar-refractivity contribution in [3.63, 3.8) is 0 Å². The number of ether oxygens (including phenoxy) is 2. The summed E-state index contributed by atoms with van der Waals surface area (Å²) in [5, 5.41) is 0. The van der Waals surface area contributed by atoms with Crippen LogP contribution in [0, 0.1) is 0 Å². The number of unbranched alkanes of at least 4 members (excludes halogenated alkanes) is 31. The zero-order valence-corrected chi connectivity index (χ0v) is 45.7. The van der Waals surface area contributed by atoms with Crippen molar-refractivity contribution >= 4 is 19.8 Å². The first-order valence-electron chi connectivity index (χ1n) is 28.8. The minimum atomic E-state index is -4.38. The van der Waals surface area contributed by atoms with Crippen molar-refractivity contribution in [1.82, 2.24) is 0 Å². The van der Waals surface area contributed by atoms with Crippen molar-refractivity contribution in [3.05, 3.63) is 60.8 Å². The zero-order valence-electron chi connectivity index (χ0n) is 44.8.